The first-order valence-corrected chi connectivity index (χ1v) is 8.43. The van der Waals surface area contributed by atoms with E-state index in [2.05, 4.69) is 27.6 Å². The van der Waals surface area contributed by atoms with Gasteiger partial charge in [0.2, 0.25) is 0 Å². The van der Waals surface area contributed by atoms with Crippen molar-refractivity contribution in [3.63, 3.8) is 0 Å². The molecular weight excluding hydrogens is 419 g/mol. The van der Waals surface area contributed by atoms with Crippen LogP contribution in [0, 0.1) is 3.57 Å². The summed E-state index contributed by atoms with van der Waals surface area (Å²) >= 11 is 9.81. The first kappa shape index (κ1) is 14.7. The smallest absolute Gasteiger partial charge is 0.280 e. The molecule has 3 aromatic rings. The molecule has 0 aliphatic carbocycles. The van der Waals surface area contributed by atoms with Crippen molar-refractivity contribution in [2.75, 3.05) is 0 Å². The number of thiazole rings is 1. The van der Waals surface area contributed by atoms with Crippen LogP contribution in [-0.2, 0) is 7.05 Å². The Balaban J connectivity index is 2.17. The highest BCUT2D eigenvalue weighted by Gasteiger charge is 2.10. The number of fused-ring (bicyclic) bond motifs is 1. The molecule has 21 heavy (non-hydrogen) atoms. The predicted octanol–water partition coefficient (Wildman–Crippen LogP) is 4.24. The molecule has 106 valence electrons. The van der Waals surface area contributed by atoms with Gasteiger partial charge in [0.25, 0.3) is 5.91 Å². The topological polar surface area (TPSA) is 34.4 Å². The summed E-state index contributed by atoms with van der Waals surface area (Å²) in [6.07, 6.45) is 0. The van der Waals surface area contributed by atoms with Crippen molar-refractivity contribution in [1.29, 1.82) is 0 Å². The Kier molecular flexibility index (Phi) is 4.14. The largest absolute Gasteiger partial charge is 0.318 e. The van der Waals surface area contributed by atoms with E-state index >= 15 is 0 Å². The number of rotatable bonds is 1. The summed E-state index contributed by atoms with van der Waals surface area (Å²) < 4.78 is 3.76. The molecule has 0 N–H and O–H groups in total. The fourth-order valence-corrected chi connectivity index (χ4v) is 4.06. The quantitative estimate of drug-likeness (QED) is 0.534. The second-order valence-electron chi connectivity index (χ2n) is 4.43. The van der Waals surface area contributed by atoms with E-state index in [0.717, 1.165) is 13.8 Å². The minimum Gasteiger partial charge on any atom is -0.318 e. The van der Waals surface area contributed by atoms with Gasteiger partial charge in [0, 0.05) is 10.6 Å². The molecule has 3 rings (SSSR count). The van der Waals surface area contributed by atoms with Crippen LogP contribution in [0.2, 0.25) is 5.02 Å². The van der Waals surface area contributed by atoms with Crippen LogP contribution in [0.25, 0.3) is 10.2 Å². The van der Waals surface area contributed by atoms with Gasteiger partial charge in [0.15, 0.2) is 4.80 Å². The second kappa shape index (κ2) is 5.90. The molecule has 0 atom stereocenters. The van der Waals surface area contributed by atoms with Crippen LogP contribution in [0.4, 0.5) is 0 Å². The van der Waals surface area contributed by atoms with E-state index in [9.17, 15) is 4.79 Å². The van der Waals surface area contributed by atoms with E-state index < -0.39 is 0 Å². The number of nitrogens with zero attached hydrogens (tertiary/aromatic N) is 2. The lowest BCUT2D eigenvalue weighted by Crippen LogP contribution is -2.13. The Labute approximate surface area is 144 Å². The molecule has 0 spiro atoms. The number of hydrogen-bond acceptors (Lipinski definition) is 2. The molecular formula is C15H10ClIN2OS. The standard InChI is InChI=1S/C15H10ClIN2OS/c1-19-13-10(16)6-4-8-12(13)21-15(19)18-14(20)9-5-2-3-7-11(9)17/h2-8H,1H3. The summed E-state index contributed by atoms with van der Waals surface area (Å²) in [4.78, 5) is 17.2. The van der Waals surface area contributed by atoms with E-state index in [-0.39, 0.29) is 5.91 Å². The number of carbonyl (C=O) groups excluding carboxylic acids is 1. The van der Waals surface area contributed by atoms with Gasteiger partial charge in [-0.2, -0.15) is 4.99 Å². The normalized spacial score (nSPS) is 12.0. The van der Waals surface area contributed by atoms with Crippen molar-refractivity contribution < 1.29 is 4.79 Å². The Morgan fingerprint density at radius 1 is 1.24 bits per heavy atom. The van der Waals surface area contributed by atoms with Gasteiger partial charge in [0.05, 0.1) is 20.8 Å². The third kappa shape index (κ3) is 2.77. The Hall–Kier alpha value is -1.18. The van der Waals surface area contributed by atoms with E-state index in [1.807, 2.05) is 48.0 Å². The average Bonchev–Trinajstić information content (AvgIpc) is 2.77. The number of para-hydroxylation sites is 1. The molecule has 1 aromatic heterocycles. The molecule has 0 saturated carbocycles. The number of aryl methyl sites for hydroxylation is 1. The molecule has 1 heterocycles. The van der Waals surface area contributed by atoms with E-state index in [1.54, 1.807) is 6.07 Å². The molecule has 2 aromatic carbocycles. The van der Waals surface area contributed by atoms with Crippen LogP contribution in [0.3, 0.4) is 0 Å². The molecule has 0 saturated heterocycles. The molecule has 3 nitrogen and oxygen atoms in total. The Morgan fingerprint density at radius 3 is 2.71 bits per heavy atom. The summed E-state index contributed by atoms with van der Waals surface area (Å²) in [5.74, 6) is -0.238. The van der Waals surface area contributed by atoms with E-state index in [1.165, 1.54) is 11.3 Å². The highest BCUT2D eigenvalue weighted by atomic mass is 127. The van der Waals surface area contributed by atoms with Gasteiger partial charge in [0.1, 0.15) is 0 Å². The zero-order chi connectivity index (χ0) is 15.0. The van der Waals surface area contributed by atoms with Crippen molar-refractivity contribution in [1.82, 2.24) is 4.57 Å². The maximum Gasteiger partial charge on any atom is 0.280 e. The fourth-order valence-electron chi connectivity index (χ4n) is 2.05. The fraction of sp³-hybridized carbons (Fsp3) is 0.0667. The molecule has 0 unspecified atom stereocenters. The number of aromatic nitrogens is 1. The second-order valence-corrected chi connectivity index (χ2v) is 7.01. The monoisotopic (exact) mass is 428 g/mol. The third-order valence-electron chi connectivity index (χ3n) is 3.07. The zero-order valence-electron chi connectivity index (χ0n) is 11.0. The number of amides is 1. The molecule has 0 aliphatic heterocycles. The van der Waals surface area contributed by atoms with Crippen LogP contribution in [0.1, 0.15) is 10.4 Å². The highest BCUT2D eigenvalue weighted by Crippen LogP contribution is 2.24. The van der Waals surface area contributed by atoms with Crippen molar-refractivity contribution in [2.24, 2.45) is 12.0 Å². The third-order valence-corrected chi connectivity index (χ3v) is 5.42. The number of benzene rings is 2. The van der Waals surface area contributed by atoms with Gasteiger partial charge < -0.3 is 4.57 Å². The minimum absolute atomic E-state index is 0.238. The van der Waals surface area contributed by atoms with Crippen molar-refractivity contribution in [3.8, 4) is 0 Å². The van der Waals surface area contributed by atoms with Gasteiger partial charge in [-0.15, -0.1) is 0 Å². The number of carbonyl (C=O) groups is 1. The highest BCUT2D eigenvalue weighted by molar-refractivity contribution is 14.1. The van der Waals surface area contributed by atoms with Crippen LogP contribution < -0.4 is 4.80 Å². The maximum atomic E-state index is 12.3. The molecule has 1 amide bonds. The van der Waals surface area contributed by atoms with Crippen LogP contribution >= 0.6 is 45.5 Å². The molecule has 0 fully saturated rings. The van der Waals surface area contributed by atoms with Gasteiger partial charge >= 0.3 is 0 Å². The van der Waals surface area contributed by atoms with Crippen LogP contribution in [0.15, 0.2) is 47.5 Å². The van der Waals surface area contributed by atoms with Crippen molar-refractivity contribution >= 4 is 61.7 Å². The first-order chi connectivity index (χ1) is 10.1. The van der Waals surface area contributed by atoms with E-state index in [4.69, 9.17) is 11.6 Å². The summed E-state index contributed by atoms with van der Waals surface area (Å²) in [6.45, 7) is 0. The van der Waals surface area contributed by atoms with Crippen molar-refractivity contribution in [2.45, 2.75) is 0 Å². The lowest BCUT2D eigenvalue weighted by Gasteiger charge is -1.99. The molecule has 0 aliphatic rings. The molecule has 6 heteroatoms. The summed E-state index contributed by atoms with van der Waals surface area (Å²) in [6, 6.07) is 13.1. The van der Waals surface area contributed by atoms with E-state index in [0.29, 0.717) is 15.4 Å². The zero-order valence-corrected chi connectivity index (χ0v) is 14.7. The SMILES string of the molecule is Cn1c(=NC(=O)c2ccccc2I)sc2cccc(Cl)c21. The van der Waals surface area contributed by atoms with Crippen LogP contribution in [0.5, 0.6) is 0 Å². The molecule has 0 bridgehead atoms. The Bertz CT molecular complexity index is 913. The lowest BCUT2D eigenvalue weighted by atomic mass is 10.2. The summed E-state index contributed by atoms with van der Waals surface area (Å²) in [5.41, 5.74) is 1.51. The van der Waals surface area contributed by atoms with Crippen molar-refractivity contribution in [3.05, 3.63) is 61.4 Å². The number of halogens is 2. The predicted molar refractivity (Wildman–Crippen MR) is 94.9 cm³/mol. The van der Waals surface area contributed by atoms with Gasteiger partial charge in [-0.05, 0) is 46.9 Å². The maximum absolute atomic E-state index is 12.3. The number of hydrogen-bond donors (Lipinski definition) is 0. The minimum atomic E-state index is -0.238. The molecule has 0 radical (unpaired) electrons. The van der Waals surface area contributed by atoms with Gasteiger partial charge in [-0.1, -0.05) is 41.1 Å². The van der Waals surface area contributed by atoms with Gasteiger partial charge in [-0.3, -0.25) is 4.79 Å². The van der Waals surface area contributed by atoms with Crippen LogP contribution in [-0.4, -0.2) is 10.5 Å². The summed E-state index contributed by atoms with van der Waals surface area (Å²) in [5, 5.41) is 0.662. The lowest BCUT2D eigenvalue weighted by molar-refractivity contribution is 0.0997. The average molecular weight is 429 g/mol. The summed E-state index contributed by atoms with van der Waals surface area (Å²) in [7, 11) is 1.87. The Morgan fingerprint density at radius 2 is 2.00 bits per heavy atom. The van der Waals surface area contributed by atoms with Gasteiger partial charge in [-0.25, -0.2) is 0 Å². The first-order valence-electron chi connectivity index (χ1n) is 6.15.